The zero-order valence-electron chi connectivity index (χ0n) is 13.0. The maximum atomic E-state index is 5.41. The van der Waals surface area contributed by atoms with Gasteiger partial charge in [0.2, 0.25) is 0 Å². The minimum Gasteiger partial charge on any atom is -0.360 e. The molecule has 1 fully saturated rings. The Labute approximate surface area is 126 Å². The van der Waals surface area contributed by atoms with Crippen molar-refractivity contribution in [3.05, 3.63) is 53.4 Å². The van der Waals surface area contributed by atoms with E-state index >= 15 is 0 Å². The molecule has 112 valence electrons. The summed E-state index contributed by atoms with van der Waals surface area (Å²) in [4.78, 5) is 2.48. The molecular weight excluding hydrogens is 262 g/mol. The number of aryl methyl sites for hydroxylation is 1. The van der Waals surface area contributed by atoms with Gasteiger partial charge in [0.25, 0.3) is 0 Å². The fourth-order valence-electron chi connectivity index (χ4n) is 3.04. The van der Waals surface area contributed by atoms with Crippen molar-refractivity contribution in [2.75, 3.05) is 13.1 Å². The zero-order chi connectivity index (χ0) is 14.9. The van der Waals surface area contributed by atoms with Crippen LogP contribution in [0.15, 0.2) is 40.9 Å². The van der Waals surface area contributed by atoms with Crippen LogP contribution in [0.2, 0.25) is 0 Å². The van der Waals surface area contributed by atoms with E-state index in [1.54, 1.807) is 0 Å². The van der Waals surface area contributed by atoms with E-state index in [2.05, 4.69) is 59.6 Å². The van der Waals surface area contributed by atoms with Crippen LogP contribution in [0.5, 0.6) is 0 Å². The molecule has 0 bridgehead atoms. The number of aromatic nitrogens is 1. The Balaban J connectivity index is 1.83. The van der Waals surface area contributed by atoms with Gasteiger partial charge in [-0.15, -0.1) is 0 Å². The van der Waals surface area contributed by atoms with Gasteiger partial charge >= 0.3 is 0 Å². The van der Waals surface area contributed by atoms with Gasteiger partial charge in [0, 0.05) is 30.7 Å². The van der Waals surface area contributed by atoms with Crippen molar-refractivity contribution in [3.8, 4) is 0 Å². The van der Waals surface area contributed by atoms with E-state index in [0.29, 0.717) is 6.04 Å². The molecule has 3 rings (SSSR count). The average molecular weight is 285 g/mol. The molecule has 0 spiro atoms. The molecule has 1 aromatic carbocycles. The molecule has 1 unspecified atom stereocenters. The van der Waals surface area contributed by atoms with Gasteiger partial charge in [0.1, 0.15) is 0 Å². The topological polar surface area (TPSA) is 41.3 Å². The van der Waals surface area contributed by atoms with Crippen LogP contribution in [0.3, 0.4) is 0 Å². The van der Waals surface area contributed by atoms with E-state index in [0.717, 1.165) is 31.1 Å². The molecule has 0 saturated carbocycles. The van der Waals surface area contributed by atoms with Crippen LogP contribution in [-0.4, -0.2) is 28.7 Å². The maximum Gasteiger partial charge on any atom is 0.150 e. The minimum absolute atomic E-state index is 0.111. The monoisotopic (exact) mass is 285 g/mol. The molecule has 2 aromatic rings. The summed E-state index contributed by atoms with van der Waals surface area (Å²) in [5, 5.41) is 7.64. The van der Waals surface area contributed by atoms with Gasteiger partial charge in [-0.2, -0.15) is 0 Å². The molecule has 0 amide bonds. The Kier molecular flexibility index (Phi) is 3.83. The van der Waals surface area contributed by atoms with Gasteiger partial charge in [-0.3, -0.25) is 4.90 Å². The highest BCUT2D eigenvalue weighted by atomic mass is 16.5. The largest absolute Gasteiger partial charge is 0.360 e. The summed E-state index contributed by atoms with van der Waals surface area (Å²) in [5.74, 6) is 0.936. The zero-order valence-corrected chi connectivity index (χ0v) is 13.0. The molecule has 0 aliphatic carbocycles. The normalized spacial score (nSPS) is 22.3. The molecule has 0 radical (unpaired) electrons. The third-order valence-electron chi connectivity index (χ3n) is 4.03. The molecule has 4 heteroatoms. The van der Waals surface area contributed by atoms with Crippen LogP contribution in [0, 0.1) is 6.92 Å². The Bertz CT molecular complexity index is 591. The molecule has 1 aliphatic rings. The van der Waals surface area contributed by atoms with Gasteiger partial charge in [0.05, 0.1) is 12.2 Å². The number of piperazine rings is 1. The van der Waals surface area contributed by atoms with Crippen LogP contribution in [0.25, 0.3) is 0 Å². The van der Waals surface area contributed by atoms with Crippen LogP contribution >= 0.6 is 0 Å². The van der Waals surface area contributed by atoms with Gasteiger partial charge in [0.15, 0.2) is 5.76 Å². The summed E-state index contributed by atoms with van der Waals surface area (Å²) in [6.07, 6.45) is 0. The van der Waals surface area contributed by atoms with Crippen LogP contribution in [-0.2, 0) is 6.54 Å². The lowest BCUT2D eigenvalue weighted by Gasteiger charge is -2.44. The number of hydrogen-bond acceptors (Lipinski definition) is 4. The molecule has 4 nitrogen and oxygen atoms in total. The fourth-order valence-corrected chi connectivity index (χ4v) is 3.04. The van der Waals surface area contributed by atoms with Crippen molar-refractivity contribution in [1.82, 2.24) is 15.4 Å². The van der Waals surface area contributed by atoms with Crippen LogP contribution < -0.4 is 5.32 Å². The molecule has 2 heterocycles. The minimum atomic E-state index is 0.111. The first kappa shape index (κ1) is 14.3. The van der Waals surface area contributed by atoms with E-state index in [-0.39, 0.29) is 5.54 Å². The summed E-state index contributed by atoms with van der Waals surface area (Å²) in [6.45, 7) is 9.17. The van der Waals surface area contributed by atoms with E-state index in [9.17, 15) is 0 Å². The molecule has 21 heavy (non-hydrogen) atoms. The van der Waals surface area contributed by atoms with E-state index in [1.807, 2.05) is 13.0 Å². The van der Waals surface area contributed by atoms with Gasteiger partial charge in [-0.1, -0.05) is 35.5 Å². The lowest BCUT2D eigenvalue weighted by molar-refractivity contribution is 0.0791. The second-order valence-electron chi connectivity index (χ2n) is 6.53. The maximum absolute atomic E-state index is 5.41. The fraction of sp³-hybridized carbons (Fsp3) is 0.471. The van der Waals surface area contributed by atoms with Crippen molar-refractivity contribution in [2.24, 2.45) is 0 Å². The second-order valence-corrected chi connectivity index (χ2v) is 6.53. The molecule has 1 N–H and O–H groups in total. The SMILES string of the molecule is Cc1cc(CN2CC(C)(C)NCC2c2ccccc2)on1. The second kappa shape index (κ2) is 5.62. The highest BCUT2D eigenvalue weighted by molar-refractivity contribution is 5.21. The molecule has 1 atom stereocenters. The number of nitrogens with one attached hydrogen (secondary N) is 1. The average Bonchev–Trinajstić information content (AvgIpc) is 2.84. The summed E-state index contributed by atoms with van der Waals surface area (Å²) in [6, 6.07) is 13.1. The highest BCUT2D eigenvalue weighted by Crippen LogP contribution is 2.28. The third-order valence-corrected chi connectivity index (χ3v) is 4.03. The van der Waals surface area contributed by atoms with Crippen LogP contribution in [0.1, 0.15) is 36.9 Å². The van der Waals surface area contributed by atoms with Crippen molar-refractivity contribution >= 4 is 0 Å². The number of hydrogen-bond donors (Lipinski definition) is 1. The first-order valence-corrected chi connectivity index (χ1v) is 7.50. The Morgan fingerprint density at radius 2 is 2.10 bits per heavy atom. The van der Waals surface area contributed by atoms with Crippen LogP contribution in [0.4, 0.5) is 0 Å². The van der Waals surface area contributed by atoms with Gasteiger partial charge < -0.3 is 9.84 Å². The summed E-state index contributed by atoms with van der Waals surface area (Å²) in [5.41, 5.74) is 2.40. The number of benzene rings is 1. The lowest BCUT2D eigenvalue weighted by Crippen LogP contribution is -2.57. The quantitative estimate of drug-likeness (QED) is 0.941. The first-order valence-electron chi connectivity index (χ1n) is 7.50. The van der Waals surface area contributed by atoms with E-state index in [1.165, 1.54) is 5.56 Å². The summed E-state index contributed by atoms with van der Waals surface area (Å²) < 4.78 is 5.41. The third kappa shape index (κ3) is 3.34. The summed E-state index contributed by atoms with van der Waals surface area (Å²) >= 11 is 0. The van der Waals surface area contributed by atoms with Crippen molar-refractivity contribution in [2.45, 2.75) is 38.9 Å². The van der Waals surface area contributed by atoms with Crippen molar-refractivity contribution in [1.29, 1.82) is 0 Å². The standard InChI is InChI=1S/C17H23N3O/c1-13-9-15(21-19-13)11-20-12-17(2,3)18-10-16(20)14-7-5-4-6-8-14/h4-9,16,18H,10-12H2,1-3H3. The summed E-state index contributed by atoms with van der Waals surface area (Å²) in [7, 11) is 0. The van der Waals surface area contributed by atoms with Gasteiger partial charge in [-0.05, 0) is 26.3 Å². The predicted molar refractivity (Wildman–Crippen MR) is 82.9 cm³/mol. The highest BCUT2D eigenvalue weighted by Gasteiger charge is 2.33. The molecule has 1 aliphatic heterocycles. The predicted octanol–water partition coefficient (Wildman–Crippen LogP) is 2.91. The Morgan fingerprint density at radius 1 is 1.33 bits per heavy atom. The Morgan fingerprint density at radius 3 is 2.76 bits per heavy atom. The molecular formula is C17H23N3O. The lowest BCUT2D eigenvalue weighted by atomic mass is 9.95. The molecule has 1 saturated heterocycles. The smallest absolute Gasteiger partial charge is 0.150 e. The van der Waals surface area contributed by atoms with E-state index < -0.39 is 0 Å². The van der Waals surface area contributed by atoms with Gasteiger partial charge in [-0.25, -0.2) is 0 Å². The molecule has 1 aromatic heterocycles. The Hall–Kier alpha value is -1.65. The van der Waals surface area contributed by atoms with Crippen molar-refractivity contribution < 1.29 is 4.52 Å². The van der Waals surface area contributed by atoms with E-state index in [4.69, 9.17) is 4.52 Å². The first-order chi connectivity index (χ1) is 10.0. The number of nitrogens with zero attached hydrogens (tertiary/aromatic N) is 2. The number of rotatable bonds is 3. The van der Waals surface area contributed by atoms with Crippen molar-refractivity contribution in [3.63, 3.8) is 0 Å².